The third-order valence-corrected chi connectivity index (χ3v) is 5.56. The number of aliphatic carboxylic acids is 1. The number of benzene rings is 1. The summed E-state index contributed by atoms with van der Waals surface area (Å²) in [5.74, 6) is -0.763. The van der Waals surface area contributed by atoms with Gasteiger partial charge >= 0.3 is 5.97 Å². The van der Waals surface area contributed by atoms with Gasteiger partial charge in [-0.3, -0.25) is 4.79 Å². The number of carbonyl (C=O) groups is 2. The van der Waals surface area contributed by atoms with Crippen molar-refractivity contribution in [3.63, 3.8) is 0 Å². The van der Waals surface area contributed by atoms with E-state index in [1.807, 2.05) is 32.2 Å². The van der Waals surface area contributed by atoms with E-state index >= 15 is 0 Å². The predicted octanol–water partition coefficient (Wildman–Crippen LogP) is 4.88. The average molecular weight is 448 g/mol. The Labute approximate surface area is 192 Å². The predicted molar refractivity (Wildman–Crippen MR) is 130 cm³/mol. The summed E-state index contributed by atoms with van der Waals surface area (Å²) in [6.07, 6.45) is 6.68. The van der Waals surface area contributed by atoms with E-state index in [9.17, 15) is 14.7 Å². The number of carboxylic acid groups (broad SMARTS) is 1. The summed E-state index contributed by atoms with van der Waals surface area (Å²) in [6.45, 7) is 8.66. The number of aromatic nitrogens is 1. The first-order chi connectivity index (χ1) is 15.3. The average Bonchev–Trinajstić information content (AvgIpc) is 3.09. The second-order valence-corrected chi connectivity index (χ2v) is 8.20. The van der Waals surface area contributed by atoms with Crippen LogP contribution < -0.4 is 15.4 Å². The van der Waals surface area contributed by atoms with Crippen LogP contribution >= 0.6 is 0 Å². The molecule has 4 N–H and O–H groups in total. The summed E-state index contributed by atoms with van der Waals surface area (Å²) in [4.78, 5) is 27.6. The van der Waals surface area contributed by atoms with Gasteiger partial charge < -0.3 is 25.5 Å². The standard InChI is InChI=1S/C20H28N2O4.C5H13N/c1-5-6-7-8-11-20(19(24)25,22-14(3)23)18-13(2)21-17-10-9-15(26-4)12-16(17)18;1-3-4-5-6-2/h9-10,12,21H,5-8,11H2,1-4H3,(H,22,23)(H,24,25);6H,3-5H2,1-2H3. The lowest BCUT2D eigenvalue weighted by atomic mass is 9.82. The van der Waals surface area contributed by atoms with E-state index in [0.29, 0.717) is 17.7 Å². The number of unbranched alkanes of at least 4 members (excludes halogenated alkanes) is 4. The quantitative estimate of drug-likeness (QED) is 0.347. The molecule has 1 atom stereocenters. The Bertz CT molecular complexity index is 858. The van der Waals surface area contributed by atoms with Crippen LogP contribution in [0, 0.1) is 6.92 Å². The summed E-state index contributed by atoms with van der Waals surface area (Å²) in [5, 5.41) is 16.7. The number of methoxy groups -OCH3 is 1. The van der Waals surface area contributed by atoms with Gasteiger partial charge in [0.05, 0.1) is 7.11 Å². The highest BCUT2D eigenvalue weighted by Crippen LogP contribution is 2.37. The minimum atomic E-state index is -1.46. The van der Waals surface area contributed by atoms with Gasteiger partial charge in [-0.1, -0.05) is 46.0 Å². The van der Waals surface area contributed by atoms with Crippen molar-refractivity contribution in [2.24, 2.45) is 0 Å². The molecule has 0 bridgehead atoms. The number of hydrogen-bond donors (Lipinski definition) is 4. The van der Waals surface area contributed by atoms with Crippen LogP contribution in [-0.4, -0.2) is 42.7 Å². The normalized spacial score (nSPS) is 12.6. The van der Waals surface area contributed by atoms with Crippen LogP contribution in [0.2, 0.25) is 0 Å². The number of amides is 1. The number of H-pyrrole nitrogens is 1. The highest BCUT2D eigenvalue weighted by Gasteiger charge is 2.44. The number of carbonyl (C=O) groups excluding carboxylic acids is 1. The zero-order chi connectivity index (χ0) is 24.1. The van der Waals surface area contributed by atoms with Gasteiger partial charge in [0.25, 0.3) is 0 Å². The number of rotatable bonds is 12. The maximum Gasteiger partial charge on any atom is 0.334 e. The van der Waals surface area contributed by atoms with Crippen molar-refractivity contribution in [1.82, 2.24) is 15.6 Å². The Kier molecular flexibility index (Phi) is 11.8. The minimum absolute atomic E-state index is 0.340. The molecule has 0 aliphatic rings. The van der Waals surface area contributed by atoms with Crippen LogP contribution in [0.1, 0.15) is 77.0 Å². The van der Waals surface area contributed by atoms with E-state index in [4.69, 9.17) is 4.74 Å². The SMILES string of the molecule is CCCCCCC(NC(C)=O)(C(=O)O)c1c(C)[nH]c2ccc(OC)cc12.CCCCNC. The first-order valence-electron chi connectivity index (χ1n) is 11.6. The second-order valence-electron chi connectivity index (χ2n) is 8.20. The molecule has 1 aromatic carbocycles. The highest BCUT2D eigenvalue weighted by molar-refractivity contribution is 5.96. The van der Waals surface area contributed by atoms with Crippen molar-refractivity contribution in [3.8, 4) is 5.75 Å². The van der Waals surface area contributed by atoms with Gasteiger partial charge in [0.1, 0.15) is 5.75 Å². The van der Waals surface area contributed by atoms with E-state index in [1.165, 1.54) is 19.8 Å². The minimum Gasteiger partial charge on any atom is -0.497 e. The van der Waals surface area contributed by atoms with E-state index in [1.54, 1.807) is 7.11 Å². The van der Waals surface area contributed by atoms with Crippen LogP contribution in [0.4, 0.5) is 0 Å². The Hall–Kier alpha value is -2.54. The number of hydrogen-bond acceptors (Lipinski definition) is 4. The van der Waals surface area contributed by atoms with Crippen molar-refractivity contribution in [3.05, 3.63) is 29.5 Å². The smallest absolute Gasteiger partial charge is 0.334 e. The molecule has 0 aliphatic heterocycles. The number of aromatic amines is 1. The van der Waals surface area contributed by atoms with Crippen molar-refractivity contribution in [1.29, 1.82) is 0 Å². The lowest BCUT2D eigenvalue weighted by Crippen LogP contribution is -2.51. The van der Waals surface area contributed by atoms with E-state index in [0.717, 1.165) is 48.8 Å². The summed E-state index contributed by atoms with van der Waals surface area (Å²) in [5.41, 5.74) is 0.696. The van der Waals surface area contributed by atoms with Gasteiger partial charge in [0.2, 0.25) is 5.91 Å². The fourth-order valence-corrected chi connectivity index (χ4v) is 3.97. The van der Waals surface area contributed by atoms with Gasteiger partial charge in [-0.05, 0) is 51.6 Å². The number of ether oxygens (including phenoxy) is 1. The van der Waals surface area contributed by atoms with Crippen LogP contribution in [0.5, 0.6) is 5.75 Å². The van der Waals surface area contributed by atoms with Crippen molar-refractivity contribution in [2.75, 3.05) is 20.7 Å². The third-order valence-electron chi connectivity index (χ3n) is 5.56. The molecular formula is C25H41N3O4. The van der Waals surface area contributed by atoms with Crippen LogP contribution in [-0.2, 0) is 15.1 Å². The number of carboxylic acids is 1. The molecule has 1 unspecified atom stereocenters. The maximum absolute atomic E-state index is 12.4. The first-order valence-corrected chi connectivity index (χ1v) is 11.6. The van der Waals surface area contributed by atoms with Crippen LogP contribution in [0.3, 0.4) is 0 Å². The van der Waals surface area contributed by atoms with E-state index in [2.05, 4.69) is 29.5 Å². The Morgan fingerprint density at radius 3 is 2.31 bits per heavy atom. The summed E-state index contributed by atoms with van der Waals surface area (Å²) >= 11 is 0. The molecule has 180 valence electrons. The summed E-state index contributed by atoms with van der Waals surface area (Å²) in [7, 11) is 3.55. The molecule has 1 aromatic heterocycles. The molecule has 0 saturated carbocycles. The molecule has 1 heterocycles. The highest BCUT2D eigenvalue weighted by atomic mass is 16.5. The molecular weight excluding hydrogens is 406 g/mol. The molecule has 0 fully saturated rings. The molecule has 2 rings (SSSR count). The molecule has 7 nitrogen and oxygen atoms in total. The number of nitrogens with one attached hydrogen (secondary N) is 3. The second kappa shape index (κ2) is 13.8. The molecule has 2 aromatic rings. The zero-order valence-corrected chi connectivity index (χ0v) is 20.6. The number of fused-ring (bicyclic) bond motifs is 1. The van der Waals surface area contributed by atoms with E-state index in [-0.39, 0.29) is 5.91 Å². The van der Waals surface area contributed by atoms with Crippen LogP contribution in [0.15, 0.2) is 18.2 Å². The Morgan fingerprint density at radius 2 is 1.81 bits per heavy atom. The van der Waals surface area contributed by atoms with Gasteiger partial charge in [0.15, 0.2) is 5.54 Å². The van der Waals surface area contributed by atoms with E-state index < -0.39 is 11.5 Å². The lowest BCUT2D eigenvalue weighted by molar-refractivity contribution is -0.148. The Morgan fingerprint density at radius 1 is 1.12 bits per heavy atom. The topological polar surface area (TPSA) is 103 Å². The van der Waals surface area contributed by atoms with Gasteiger partial charge in [-0.25, -0.2) is 4.79 Å². The molecule has 0 radical (unpaired) electrons. The summed E-state index contributed by atoms with van der Waals surface area (Å²) < 4.78 is 5.31. The third kappa shape index (κ3) is 7.26. The van der Waals surface area contributed by atoms with Crippen molar-refractivity contribution >= 4 is 22.8 Å². The number of aryl methyl sites for hydroxylation is 1. The fraction of sp³-hybridized carbons (Fsp3) is 0.600. The monoisotopic (exact) mass is 447 g/mol. The molecule has 0 saturated heterocycles. The first kappa shape index (κ1) is 27.5. The van der Waals surface area contributed by atoms with Crippen LogP contribution in [0.25, 0.3) is 10.9 Å². The molecule has 32 heavy (non-hydrogen) atoms. The fourth-order valence-electron chi connectivity index (χ4n) is 3.97. The van der Waals surface area contributed by atoms with Gasteiger partial charge in [0, 0.05) is 29.1 Å². The van der Waals surface area contributed by atoms with Crippen molar-refractivity contribution in [2.45, 2.75) is 78.2 Å². The molecule has 7 heteroatoms. The zero-order valence-electron chi connectivity index (χ0n) is 20.6. The molecule has 0 spiro atoms. The largest absolute Gasteiger partial charge is 0.497 e. The molecule has 1 amide bonds. The van der Waals surface area contributed by atoms with Crippen molar-refractivity contribution < 1.29 is 19.4 Å². The lowest BCUT2D eigenvalue weighted by Gasteiger charge is -2.31. The molecule has 0 aliphatic carbocycles. The van der Waals surface area contributed by atoms with Gasteiger partial charge in [-0.15, -0.1) is 0 Å². The maximum atomic E-state index is 12.4. The summed E-state index contributed by atoms with van der Waals surface area (Å²) in [6, 6.07) is 5.51. The van der Waals surface area contributed by atoms with Gasteiger partial charge in [-0.2, -0.15) is 0 Å². The Balaban J connectivity index is 0.000000751.